The molecule has 1 aromatic carbocycles. The van der Waals surface area contributed by atoms with E-state index in [1.54, 1.807) is 21.8 Å². The molecule has 2 aromatic heterocycles. The molecular weight excluding hydrogens is 394 g/mol. The molecule has 31 heavy (non-hydrogen) atoms. The number of likely N-dealkylation sites (tertiary alicyclic amines) is 1. The van der Waals surface area contributed by atoms with Gasteiger partial charge in [0.05, 0.1) is 25.9 Å². The molecule has 1 unspecified atom stereocenters. The standard InChI is InChI=1S/C23H27N5O3/c1-17-10-24-28(11-17)13-20-8-21(25-31-20)22(29)27-15-23(16-27)9-19(14-30-23)26(2)12-18-6-4-3-5-7-18/h3-8,10-11,19H,9,12-16H2,1-2H3. The molecule has 0 bridgehead atoms. The largest absolute Gasteiger partial charge is 0.370 e. The minimum Gasteiger partial charge on any atom is -0.370 e. The minimum atomic E-state index is -0.232. The molecule has 1 spiro atoms. The number of carbonyl (C=O) groups excluding carboxylic acids is 1. The Morgan fingerprint density at radius 2 is 2.10 bits per heavy atom. The lowest BCUT2D eigenvalue weighted by Crippen LogP contribution is -2.63. The summed E-state index contributed by atoms with van der Waals surface area (Å²) in [5.41, 5.74) is 2.48. The average Bonchev–Trinajstić information content (AvgIpc) is 3.47. The van der Waals surface area contributed by atoms with Crippen LogP contribution in [0.15, 0.2) is 53.3 Å². The highest BCUT2D eigenvalue weighted by Gasteiger charge is 2.52. The van der Waals surface area contributed by atoms with E-state index in [2.05, 4.69) is 46.5 Å². The number of aromatic nitrogens is 3. The van der Waals surface area contributed by atoms with Gasteiger partial charge in [-0.05, 0) is 31.5 Å². The van der Waals surface area contributed by atoms with Gasteiger partial charge in [0, 0.05) is 24.8 Å². The molecule has 2 saturated heterocycles. The second-order valence-electron chi connectivity index (χ2n) is 8.81. The molecule has 0 radical (unpaired) electrons. The summed E-state index contributed by atoms with van der Waals surface area (Å²) in [6.45, 7) is 5.22. The maximum atomic E-state index is 12.8. The summed E-state index contributed by atoms with van der Waals surface area (Å²) in [6, 6.07) is 12.5. The van der Waals surface area contributed by atoms with Gasteiger partial charge in [0.1, 0.15) is 12.1 Å². The van der Waals surface area contributed by atoms with E-state index in [4.69, 9.17) is 9.26 Å². The maximum Gasteiger partial charge on any atom is 0.276 e. The van der Waals surface area contributed by atoms with Crippen LogP contribution in [-0.2, 0) is 17.8 Å². The monoisotopic (exact) mass is 421 g/mol. The summed E-state index contributed by atoms with van der Waals surface area (Å²) in [5, 5.41) is 8.21. The van der Waals surface area contributed by atoms with Crippen molar-refractivity contribution in [1.82, 2.24) is 24.7 Å². The molecule has 2 aliphatic heterocycles. The third-order valence-electron chi connectivity index (χ3n) is 6.19. The second kappa shape index (κ2) is 7.94. The molecule has 1 amide bonds. The average molecular weight is 422 g/mol. The van der Waals surface area contributed by atoms with Crippen LogP contribution in [0, 0.1) is 6.92 Å². The summed E-state index contributed by atoms with van der Waals surface area (Å²) in [5.74, 6) is 0.503. The van der Waals surface area contributed by atoms with Crippen molar-refractivity contribution in [2.45, 2.75) is 38.1 Å². The van der Waals surface area contributed by atoms with Gasteiger partial charge in [0.15, 0.2) is 11.5 Å². The van der Waals surface area contributed by atoms with E-state index >= 15 is 0 Å². The second-order valence-corrected chi connectivity index (χ2v) is 8.81. The number of hydrogen-bond donors (Lipinski definition) is 0. The summed E-state index contributed by atoms with van der Waals surface area (Å²) in [6.07, 6.45) is 4.64. The van der Waals surface area contributed by atoms with Gasteiger partial charge in [-0.3, -0.25) is 14.4 Å². The van der Waals surface area contributed by atoms with Crippen LogP contribution in [0.1, 0.15) is 33.8 Å². The number of hydrogen-bond acceptors (Lipinski definition) is 6. The van der Waals surface area contributed by atoms with Gasteiger partial charge in [-0.1, -0.05) is 35.5 Å². The molecule has 1 atom stereocenters. The number of ether oxygens (including phenoxy) is 1. The first-order valence-electron chi connectivity index (χ1n) is 10.6. The van der Waals surface area contributed by atoms with Crippen molar-refractivity contribution in [1.29, 1.82) is 0 Å². The molecule has 8 heteroatoms. The number of likely N-dealkylation sites (N-methyl/N-ethyl adjacent to an activating group) is 1. The van der Waals surface area contributed by atoms with Crippen LogP contribution in [0.5, 0.6) is 0 Å². The van der Waals surface area contributed by atoms with Crippen molar-refractivity contribution in [2.75, 3.05) is 26.7 Å². The van der Waals surface area contributed by atoms with Crippen LogP contribution in [0.2, 0.25) is 0 Å². The molecule has 162 valence electrons. The topological polar surface area (TPSA) is 76.6 Å². The number of carbonyl (C=O) groups is 1. The first-order valence-corrected chi connectivity index (χ1v) is 10.6. The van der Waals surface area contributed by atoms with Crippen LogP contribution >= 0.6 is 0 Å². The highest BCUT2D eigenvalue weighted by molar-refractivity contribution is 5.93. The molecular formula is C23H27N5O3. The Kier molecular flexibility index (Phi) is 5.11. The van der Waals surface area contributed by atoms with Crippen molar-refractivity contribution < 1.29 is 14.1 Å². The fraction of sp³-hybridized carbons (Fsp3) is 0.435. The van der Waals surface area contributed by atoms with Gasteiger partial charge >= 0.3 is 0 Å². The lowest BCUT2D eigenvalue weighted by molar-refractivity contribution is -0.0952. The Labute approximate surface area is 181 Å². The molecule has 0 N–H and O–H groups in total. The van der Waals surface area contributed by atoms with Crippen LogP contribution in [0.25, 0.3) is 0 Å². The van der Waals surface area contributed by atoms with E-state index in [1.807, 2.05) is 19.2 Å². The Hall–Kier alpha value is -2.97. The number of aryl methyl sites for hydroxylation is 1. The highest BCUT2D eigenvalue weighted by atomic mass is 16.5. The zero-order chi connectivity index (χ0) is 21.4. The molecule has 2 fully saturated rings. The van der Waals surface area contributed by atoms with Gasteiger partial charge < -0.3 is 14.2 Å². The molecule has 5 rings (SSSR count). The molecule has 0 saturated carbocycles. The molecule has 3 aromatic rings. The van der Waals surface area contributed by atoms with E-state index < -0.39 is 0 Å². The summed E-state index contributed by atoms with van der Waals surface area (Å²) < 4.78 is 13.3. The zero-order valence-corrected chi connectivity index (χ0v) is 17.9. The van der Waals surface area contributed by atoms with Crippen molar-refractivity contribution in [3.05, 3.63) is 71.4 Å². The SMILES string of the molecule is Cc1cnn(Cc2cc(C(=O)N3CC4(CC(N(C)Cc5ccccc5)CO4)C3)no2)c1. The molecule has 0 aliphatic carbocycles. The predicted octanol–water partition coefficient (Wildman–Crippen LogP) is 2.34. The summed E-state index contributed by atoms with van der Waals surface area (Å²) in [7, 11) is 2.14. The zero-order valence-electron chi connectivity index (χ0n) is 17.9. The number of rotatable bonds is 6. The smallest absolute Gasteiger partial charge is 0.276 e. The fourth-order valence-corrected chi connectivity index (χ4v) is 4.48. The van der Waals surface area contributed by atoms with Crippen LogP contribution in [0.3, 0.4) is 0 Å². The van der Waals surface area contributed by atoms with E-state index in [9.17, 15) is 4.79 Å². The first kappa shape index (κ1) is 20.0. The summed E-state index contributed by atoms with van der Waals surface area (Å²) in [4.78, 5) is 16.9. The highest BCUT2D eigenvalue weighted by Crippen LogP contribution is 2.37. The van der Waals surface area contributed by atoms with Gasteiger partial charge in [-0.25, -0.2) is 0 Å². The summed E-state index contributed by atoms with van der Waals surface area (Å²) >= 11 is 0. The lowest BCUT2D eigenvalue weighted by Gasteiger charge is -2.46. The predicted molar refractivity (Wildman–Crippen MR) is 113 cm³/mol. The Balaban J connectivity index is 1.14. The van der Waals surface area contributed by atoms with Gasteiger partial charge in [-0.15, -0.1) is 0 Å². The Morgan fingerprint density at radius 1 is 1.29 bits per heavy atom. The number of amides is 1. The fourth-order valence-electron chi connectivity index (χ4n) is 4.48. The Bertz CT molecular complexity index is 1050. The third-order valence-corrected chi connectivity index (χ3v) is 6.19. The van der Waals surface area contributed by atoms with Crippen LogP contribution in [-0.4, -0.2) is 69.0 Å². The number of nitrogens with zero attached hydrogens (tertiary/aromatic N) is 5. The van der Waals surface area contributed by atoms with Crippen LogP contribution in [0.4, 0.5) is 0 Å². The Morgan fingerprint density at radius 3 is 2.84 bits per heavy atom. The third kappa shape index (κ3) is 4.13. The minimum absolute atomic E-state index is 0.109. The van der Waals surface area contributed by atoms with Crippen molar-refractivity contribution in [3.8, 4) is 0 Å². The molecule has 4 heterocycles. The van der Waals surface area contributed by atoms with Gasteiger partial charge in [0.2, 0.25) is 0 Å². The van der Waals surface area contributed by atoms with E-state index in [1.165, 1.54) is 5.56 Å². The lowest BCUT2D eigenvalue weighted by atomic mass is 9.88. The van der Waals surface area contributed by atoms with E-state index in [0.29, 0.717) is 43.7 Å². The maximum absolute atomic E-state index is 12.8. The van der Waals surface area contributed by atoms with Crippen molar-refractivity contribution in [3.63, 3.8) is 0 Å². The quantitative estimate of drug-likeness (QED) is 0.608. The van der Waals surface area contributed by atoms with Crippen molar-refractivity contribution in [2.24, 2.45) is 0 Å². The molecule has 2 aliphatic rings. The van der Waals surface area contributed by atoms with E-state index in [-0.39, 0.29) is 11.5 Å². The van der Waals surface area contributed by atoms with E-state index in [0.717, 1.165) is 18.5 Å². The van der Waals surface area contributed by atoms with Crippen molar-refractivity contribution >= 4 is 5.91 Å². The van der Waals surface area contributed by atoms with Crippen LogP contribution < -0.4 is 0 Å². The van der Waals surface area contributed by atoms with Gasteiger partial charge in [0.25, 0.3) is 5.91 Å². The molecule has 8 nitrogen and oxygen atoms in total. The normalized spacial score (nSPS) is 19.8. The first-order chi connectivity index (χ1) is 15.0. The number of benzene rings is 1. The van der Waals surface area contributed by atoms with Gasteiger partial charge in [-0.2, -0.15) is 5.10 Å².